The molecule has 0 saturated heterocycles. The van der Waals surface area contributed by atoms with Gasteiger partial charge in [0.2, 0.25) is 0 Å². The molecule has 122 valence electrons. The van der Waals surface area contributed by atoms with Crippen LogP contribution in [0.1, 0.15) is 42.7 Å². The predicted octanol–water partition coefficient (Wildman–Crippen LogP) is 2.97. The van der Waals surface area contributed by atoms with Gasteiger partial charge in [0.1, 0.15) is 0 Å². The molecule has 6 heteroatoms. The van der Waals surface area contributed by atoms with E-state index in [1.807, 2.05) is 20.8 Å². The largest absolute Gasteiger partial charge is 0.465 e. The number of amides is 1. The van der Waals surface area contributed by atoms with E-state index in [1.54, 1.807) is 30.5 Å². The molecular weight excluding hydrogens is 302 g/mol. The number of ether oxygens (including phenoxy) is 1. The van der Waals surface area contributed by atoms with Crippen molar-refractivity contribution in [2.24, 2.45) is 5.92 Å². The Labute approximate surface area is 136 Å². The van der Waals surface area contributed by atoms with E-state index in [2.05, 4.69) is 10.1 Å². The third kappa shape index (κ3) is 5.03. The number of carbonyl (C=O) groups excluding carboxylic acids is 2. The molecule has 0 heterocycles. The summed E-state index contributed by atoms with van der Waals surface area (Å²) in [5.74, 6) is -0.438. The SMILES string of the molecule is COC(=O)c1ccc(C(C)NC(=O)C(OSC)C(C)C)cc1. The van der Waals surface area contributed by atoms with Gasteiger partial charge in [-0.05, 0) is 42.6 Å². The topological polar surface area (TPSA) is 64.6 Å². The van der Waals surface area contributed by atoms with E-state index >= 15 is 0 Å². The van der Waals surface area contributed by atoms with Crippen molar-refractivity contribution in [2.45, 2.75) is 32.9 Å². The zero-order valence-electron chi connectivity index (χ0n) is 13.6. The minimum absolute atomic E-state index is 0.0846. The van der Waals surface area contributed by atoms with Crippen molar-refractivity contribution in [3.05, 3.63) is 35.4 Å². The number of benzene rings is 1. The summed E-state index contributed by atoms with van der Waals surface area (Å²) < 4.78 is 10.1. The van der Waals surface area contributed by atoms with Crippen molar-refractivity contribution >= 4 is 23.9 Å². The standard InChI is InChI=1S/C16H23NO4S/c1-10(2)14(21-22-5)15(18)17-11(3)12-6-8-13(9-7-12)16(19)20-4/h6-11,14H,1-5H3,(H,17,18). The fourth-order valence-corrected chi connectivity index (χ4v) is 2.48. The molecule has 1 rings (SSSR count). The van der Waals surface area contributed by atoms with Gasteiger partial charge in [-0.25, -0.2) is 4.79 Å². The van der Waals surface area contributed by atoms with E-state index in [-0.39, 0.29) is 23.8 Å². The Balaban J connectivity index is 2.73. The third-order valence-corrected chi connectivity index (χ3v) is 3.65. The molecule has 0 aliphatic heterocycles. The second kappa shape index (κ2) is 8.80. The molecule has 0 aliphatic carbocycles. The Hall–Kier alpha value is -1.53. The average Bonchev–Trinajstić information content (AvgIpc) is 2.51. The van der Waals surface area contributed by atoms with Crippen LogP contribution >= 0.6 is 12.0 Å². The number of rotatable bonds is 7. The maximum Gasteiger partial charge on any atom is 0.337 e. The highest BCUT2D eigenvalue weighted by Gasteiger charge is 2.24. The maximum absolute atomic E-state index is 12.3. The van der Waals surface area contributed by atoms with E-state index in [9.17, 15) is 9.59 Å². The van der Waals surface area contributed by atoms with E-state index < -0.39 is 6.10 Å². The summed E-state index contributed by atoms with van der Waals surface area (Å²) in [5, 5.41) is 2.93. The summed E-state index contributed by atoms with van der Waals surface area (Å²) in [6.07, 6.45) is 1.30. The lowest BCUT2D eigenvalue weighted by Crippen LogP contribution is -2.39. The van der Waals surface area contributed by atoms with Crippen LogP contribution in [-0.4, -0.2) is 31.3 Å². The Morgan fingerprint density at radius 3 is 2.18 bits per heavy atom. The lowest BCUT2D eigenvalue weighted by Gasteiger charge is -2.22. The van der Waals surface area contributed by atoms with Gasteiger partial charge in [-0.1, -0.05) is 26.0 Å². The lowest BCUT2D eigenvalue weighted by atomic mass is 10.0. The smallest absolute Gasteiger partial charge is 0.337 e. The molecular formula is C16H23NO4S. The second-order valence-corrected chi connectivity index (χ2v) is 5.80. The first-order chi connectivity index (χ1) is 10.4. The highest BCUT2D eigenvalue weighted by molar-refractivity contribution is 7.93. The highest BCUT2D eigenvalue weighted by atomic mass is 32.2. The van der Waals surface area contributed by atoms with Crippen molar-refractivity contribution in [3.8, 4) is 0 Å². The fourth-order valence-electron chi connectivity index (χ4n) is 1.97. The van der Waals surface area contributed by atoms with Crippen LogP contribution in [0.4, 0.5) is 0 Å². The molecule has 0 aliphatic rings. The molecule has 2 unspecified atom stereocenters. The molecule has 22 heavy (non-hydrogen) atoms. The molecule has 0 aromatic heterocycles. The first kappa shape index (κ1) is 18.5. The number of methoxy groups -OCH3 is 1. The molecule has 0 radical (unpaired) electrons. The van der Waals surface area contributed by atoms with Crippen molar-refractivity contribution in [2.75, 3.05) is 13.4 Å². The molecule has 2 atom stereocenters. The molecule has 0 saturated carbocycles. The summed E-state index contributed by atoms with van der Waals surface area (Å²) in [5.41, 5.74) is 1.39. The lowest BCUT2D eigenvalue weighted by molar-refractivity contribution is -0.129. The molecule has 1 amide bonds. The number of nitrogens with one attached hydrogen (secondary N) is 1. The van der Waals surface area contributed by atoms with Gasteiger partial charge in [-0.15, -0.1) is 0 Å². The van der Waals surface area contributed by atoms with Gasteiger partial charge in [0, 0.05) is 6.26 Å². The first-order valence-electron chi connectivity index (χ1n) is 7.08. The normalized spacial score (nSPS) is 13.5. The fraction of sp³-hybridized carbons (Fsp3) is 0.500. The maximum atomic E-state index is 12.3. The third-order valence-electron chi connectivity index (χ3n) is 3.25. The summed E-state index contributed by atoms with van der Waals surface area (Å²) >= 11 is 1.18. The van der Waals surface area contributed by atoms with Crippen molar-refractivity contribution in [3.63, 3.8) is 0 Å². The van der Waals surface area contributed by atoms with E-state index in [0.29, 0.717) is 5.56 Å². The average molecular weight is 325 g/mol. The van der Waals surface area contributed by atoms with Gasteiger partial charge in [0.25, 0.3) is 5.91 Å². The van der Waals surface area contributed by atoms with E-state index in [4.69, 9.17) is 4.18 Å². The predicted molar refractivity (Wildman–Crippen MR) is 87.6 cm³/mol. The van der Waals surface area contributed by atoms with Crippen LogP contribution in [0.15, 0.2) is 24.3 Å². The molecule has 5 nitrogen and oxygen atoms in total. The van der Waals surface area contributed by atoms with Crippen LogP contribution in [0.3, 0.4) is 0 Å². The van der Waals surface area contributed by atoms with Crippen LogP contribution in [0, 0.1) is 5.92 Å². The monoisotopic (exact) mass is 325 g/mol. The molecule has 0 spiro atoms. The molecule has 0 fully saturated rings. The van der Waals surface area contributed by atoms with E-state index in [0.717, 1.165) is 5.56 Å². The Kier molecular flexibility index (Phi) is 7.41. The van der Waals surface area contributed by atoms with Gasteiger partial charge >= 0.3 is 5.97 Å². The summed E-state index contributed by atoms with van der Waals surface area (Å²) in [4.78, 5) is 23.7. The highest BCUT2D eigenvalue weighted by Crippen LogP contribution is 2.17. The van der Waals surface area contributed by atoms with Gasteiger partial charge < -0.3 is 14.2 Å². The van der Waals surface area contributed by atoms with Crippen molar-refractivity contribution in [1.82, 2.24) is 5.32 Å². The van der Waals surface area contributed by atoms with Gasteiger partial charge in [-0.3, -0.25) is 4.79 Å². The van der Waals surface area contributed by atoms with Crippen molar-refractivity contribution < 1.29 is 18.5 Å². The molecule has 1 aromatic rings. The minimum atomic E-state index is -0.494. The van der Waals surface area contributed by atoms with Crippen LogP contribution < -0.4 is 5.32 Å². The quantitative estimate of drug-likeness (QED) is 0.617. The van der Waals surface area contributed by atoms with Gasteiger partial charge in [0.15, 0.2) is 6.10 Å². The summed E-state index contributed by atoms with van der Waals surface area (Å²) in [7, 11) is 1.34. The first-order valence-corrected chi connectivity index (χ1v) is 8.23. The molecule has 1 N–H and O–H groups in total. The van der Waals surface area contributed by atoms with Crippen LogP contribution in [-0.2, 0) is 13.7 Å². The van der Waals surface area contributed by atoms with Crippen LogP contribution in [0.25, 0.3) is 0 Å². The number of esters is 1. The van der Waals surface area contributed by atoms with E-state index in [1.165, 1.54) is 19.2 Å². The molecule has 0 bridgehead atoms. The van der Waals surface area contributed by atoms with Gasteiger partial charge in [0.05, 0.1) is 18.7 Å². The van der Waals surface area contributed by atoms with Crippen LogP contribution in [0.5, 0.6) is 0 Å². The Morgan fingerprint density at radius 2 is 1.73 bits per heavy atom. The summed E-state index contributed by atoms with van der Waals surface area (Å²) in [6.45, 7) is 5.77. The Morgan fingerprint density at radius 1 is 1.14 bits per heavy atom. The number of carbonyl (C=O) groups is 2. The minimum Gasteiger partial charge on any atom is -0.465 e. The zero-order chi connectivity index (χ0) is 16.7. The summed E-state index contributed by atoms with van der Waals surface area (Å²) in [6, 6.07) is 6.80. The molecule has 1 aromatic carbocycles. The Bertz CT molecular complexity index is 501. The van der Waals surface area contributed by atoms with Gasteiger partial charge in [-0.2, -0.15) is 0 Å². The zero-order valence-corrected chi connectivity index (χ0v) is 14.4. The van der Waals surface area contributed by atoms with Crippen molar-refractivity contribution in [1.29, 1.82) is 0 Å². The van der Waals surface area contributed by atoms with Crippen LogP contribution in [0.2, 0.25) is 0 Å². The number of hydrogen-bond acceptors (Lipinski definition) is 5. The number of hydrogen-bond donors (Lipinski definition) is 1. The second-order valence-electron chi connectivity index (χ2n) is 5.27.